The average Bonchev–Trinajstić information content (AvgIpc) is 2.44. The topological polar surface area (TPSA) is 9.23 Å². The summed E-state index contributed by atoms with van der Waals surface area (Å²) in [6.07, 6.45) is 2.78. The zero-order chi connectivity index (χ0) is 6.97. The number of hydrogen-bond acceptors (Lipinski definition) is 2. The lowest BCUT2D eigenvalue weighted by atomic mass is 10.2. The normalized spacial score (nSPS) is 23.1. The van der Waals surface area contributed by atoms with E-state index in [0.717, 1.165) is 0 Å². The van der Waals surface area contributed by atoms with Crippen LogP contribution in [0.25, 0.3) is 0 Å². The number of aryl methyl sites for hydroxylation is 1. The van der Waals surface area contributed by atoms with Gasteiger partial charge in [-0.15, -0.1) is 11.3 Å². The molecule has 1 nitrogen and oxygen atoms in total. The van der Waals surface area contributed by atoms with E-state index < -0.39 is 0 Å². The monoisotopic (exact) mass is 154 g/mol. The highest BCUT2D eigenvalue weighted by Gasteiger charge is 2.22. The SMILES string of the molecule is COC1CCc2sccc21. The van der Waals surface area contributed by atoms with Gasteiger partial charge in [0.25, 0.3) is 0 Å². The van der Waals surface area contributed by atoms with E-state index >= 15 is 0 Å². The number of thiophene rings is 1. The van der Waals surface area contributed by atoms with Crippen molar-refractivity contribution < 1.29 is 4.74 Å². The summed E-state index contributed by atoms with van der Waals surface area (Å²) in [5, 5.41) is 2.15. The Hall–Kier alpha value is -0.340. The van der Waals surface area contributed by atoms with Crippen LogP contribution in [0.15, 0.2) is 11.4 Å². The van der Waals surface area contributed by atoms with E-state index in [4.69, 9.17) is 4.74 Å². The Bertz CT molecular complexity index is 229. The first-order valence-corrected chi connectivity index (χ1v) is 4.39. The highest BCUT2D eigenvalue weighted by Crippen LogP contribution is 2.36. The summed E-state index contributed by atoms with van der Waals surface area (Å²) in [7, 11) is 1.79. The zero-order valence-corrected chi connectivity index (χ0v) is 6.78. The van der Waals surface area contributed by atoms with Crippen LogP contribution in [0.2, 0.25) is 0 Å². The minimum Gasteiger partial charge on any atom is -0.377 e. The lowest BCUT2D eigenvalue weighted by Crippen LogP contribution is -1.93. The minimum atomic E-state index is 0.390. The van der Waals surface area contributed by atoms with Gasteiger partial charge < -0.3 is 4.74 Å². The van der Waals surface area contributed by atoms with Gasteiger partial charge in [-0.25, -0.2) is 0 Å². The summed E-state index contributed by atoms with van der Waals surface area (Å²) in [4.78, 5) is 1.52. The van der Waals surface area contributed by atoms with E-state index in [2.05, 4.69) is 11.4 Å². The molecular formula is C8H10OS. The van der Waals surface area contributed by atoms with Crippen LogP contribution in [-0.2, 0) is 11.2 Å². The Kier molecular flexibility index (Phi) is 1.51. The Labute approximate surface area is 64.6 Å². The zero-order valence-electron chi connectivity index (χ0n) is 5.96. The van der Waals surface area contributed by atoms with E-state index in [1.165, 1.54) is 23.3 Å². The van der Waals surface area contributed by atoms with Gasteiger partial charge >= 0.3 is 0 Å². The highest BCUT2D eigenvalue weighted by atomic mass is 32.1. The lowest BCUT2D eigenvalue weighted by Gasteiger charge is -2.05. The Morgan fingerprint density at radius 1 is 1.70 bits per heavy atom. The Balaban J connectivity index is 2.34. The molecule has 2 heteroatoms. The van der Waals surface area contributed by atoms with E-state index in [1.807, 2.05) is 11.3 Å². The van der Waals surface area contributed by atoms with E-state index in [9.17, 15) is 0 Å². The molecule has 0 saturated carbocycles. The molecule has 0 saturated heterocycles. The maximum Gasteiger partial charge on any atom is 0.0835 e. The van der Waals surface area contributed by atoms with Gasteiger partial charge in [0.15, 0.2) is 0 Å². The van der Waals surface area contributed by atoms with Gasteiger partial charge in [0.1, 0.15) is 0 Å². The predicted octanol–water partition coefficient (Wildman–Crippen LogP) is 2.38. The molecule has 1 heterocycles. The fraction of sp³-hybridized carbons (Fsp3) is 0.500. The number of ether oxygens (including phenoxy) is 1. The van der Waals surface area contributed by atoms with Gasteiger partial charge in [0.05, 0.1) is 6.10 Å². The maximum absolute atomic E-state index is 5.30. The van der Waals surface area contributed by atoms with E-state index in [1.54, 1.807) is 7.11 Å². The molecule has 0 fully saturated rings. The standard InChI is InChI=1S/C8H10OS/c1-9-7-2-3-8-6(7)4-5-10-8/h4-5,7H,2-3H2,1H3. The molecule has 0 radical (unpaired) electrons. The predicted molar refractivity (Wildman–Crippen MR) is 42.4 cm³/mol. The molecule has 1 unspecified atom stereocenters. The quantitative estimate of drug-likeness (QED) is 0.603. The molecule has 1 atom stereocenters. The smallest absolute Gasteiger partial charge is 0.0835 e. The van der Waals surface area contributed by atoms with Crippen molar-refractivity contribution in [3.8, 4) is 0 Å². The Morgan fingerprint density at radius 3 is 3.40 bits per heavy atom. The maximum atomic E-state index is 5.30. The number of methoxy groups -OCH3 is 1. The highest BCUT2D eigenvalue weighted by molar-refractivity contribution is 7.10. The molecule has 0 amide bonds. The van der Waals surface area contributed by atoms with Crippen molar-refractivity contribution in [2.24, 2.45) is 0 Å². The van der Waals surface area contributed by atoms with Crippen LogP contribution in [0.5, 0.6) is 0 Å². The van der Waals surface area contributed by atoms with Gasteiger partial charge in [0.2, 0.25) is 0 Å². The van der Waals surface area contributed by atoms with Gasteiger partial charge in [-0.1, -0.05) is 0 Å². The van der Waals surface area contributed by atoms with Crippen LogP contribution >= 0.6 is 11.3 Å². The molecule has 1 aliphatic carbocycles. The van der Waals surface area contributed by atoms with Crippen LogP contribution in [0.3, 0.4) is 0 Å². The number of fused-ring (bicyclic) bond motifs is 1. The molecule has 10 heavy (non-hydrogen) atoms. The van der Waals surface area contributed by atoms with Crippen molar-refractivity contribution in [3.63, 3.8) is 0 Å². The molecule has 0 aliphatic heterocycles. The molecular weight excluding hydrogens is 144 g/mol. The summed E-state index contributed by atoms with van der Waals surface area (Å²) in [6.45, 7) is 0. The molecule has 54 valence electrons. The van der Waals surface area contributed by atoms with Crippen LogP contribution in [0.1, 0.15) is 23.0 Å². The van der Waals surface area contributed by atoms with Gasteiger partial charge in [-0.3, -0.25) is 0 Å². The van der Waals surface area contributed by atoms with Crippen molar-refractivity contribution in [3.05, 3.63) is 21.9 Å². The number of hydrogen-bond donors (Lipinski definition) is 0. The van der Waals surface area contributed by atoms with Crippen LogP contribution in [0, 0.1) is 0 Å². The summed E-state index contributed by atoms with van der Waals surface area (Å²) in [5.41, 5.74) is 1.42. The molecule has 1 aromatic rings. The van der Waals surface area contributed by atoms with Gasteiger partial charge in [-0.05, 0) is 29.9 Å². The molecule has 1 aromatic heterocycles. The second-order valence-electron chi connectivity index (χ2n) is 2.56. The third-order valence-corrected chi connectivity index (χ3v) is 3.04. The largest absolute Gasteiger partial charge is 0.377 e. The van der Waals surface area contributed by atoms with Crippen LogP contribution in [-0.4, -0.2) is 7.11 Å². The summed E-state index contributed by atoms with van der Waals surface area (Å²) < 4.78 is 5.30. The van der Waals surface area contributed by atoms with Crippen molar-refractivity contribution in [2.75, 3.05) is 7.11 Å². The third kappa shape index (κ3) is 0.796. The molecule has 0 spiro atoms. The molecule has 2 rings (SSSR count). The molecule has 0 bridgehead atoms. The molecule has 0 aromatic carbocycles. The fourth-order valence-electron chi connectivity index (χ4n) is 1.50. The van der Waals surface area contributed by atoms with Crippen LogP contribution in [0.4, 0.5) is 0 Å². The number of rotatable bonds is 1. The molecule has 0 N–H and O–H groups in total. The van der Waals surface area contributed by atoms with Gasteiger partial charge in [0, 0.05) is 12.0 Å². The lowest BCUT2D eigenvalue weighted by molar-refractivity contribution is 0.105. The van der Waals surface area contributed by atoms with Crippen molar-refractivity contribution in [1.29, 1.82) is 0 Å². The summed E-state index contributed by atoms with van der Waals surface area (Å²) in [6, 6.07) is 2.18. The first-order valence-electron chi connectivity index (χ1n) is 3.51. The fourth-order valence-corrected chi connectivity index (χ4v) is 2.45. The van der Waals surface area contributed by atoms with Crippen molar-refractivity contribution in [2.45, 2.75) is 18.9 Å². The Morgan fingerprint density at radius 2 is 2.60 bits per heavy atom. The first kappa shape index (κ1) is 6.38. The summed E-state index contributed by atoms with van der Waals surface area (Å²) in [5.74, 6) is 0. The second kappa shape index (κ2) is 2.36. The third-order valence-electron chi connectivity index (χ3n) is 2.04. The molecule has 1 aliphatic rings. The minimum absolute atomic E-state index is 0.390. The average molecular weight is 154 g/mol. The van der Waals surface area contributed by atoms with Gasteiger partial charge in [-0.2, -0.15) is 0 Å². The second-order valence-corrected chi connectivity index (χ2v) is 3.56. The van der Waals surface area contributed by atoms with Crippen LogP contribution < -0.4 is 0 Å². The van der Waals surface area contributed by atoms with E-state index in [0.29, 0.717) is 6.10 Å². The first-order chi connectivity index (χ1) is 4.92. The van der Waals surface area contributed by atoms with E-state index in [-0.39, 0.29) is 0 Å². The summed E-state index contributed by atoms with van der Waals surface area (Å²) >= 11 is 1.85. The van der Waals surface area contributed by atoms with Crippen molar-refractivity contribution >= 4 is 11.3 Å². The van der Waals surface area contributed by atoms with Crippen molar-refractivity contribution in [1.82, 2.24) is 0 Å².